The van der Waals surface area contributed by atoms with Gasteiger partial charge in [0.25, 0.3) is 0 Å². The van der Waals surface area contributed by atoms with Gasteiger partial charge in [0.1, 0.15) is 18.4 Å². The minimum absolute atomic E-state index is 0.0424. The molecular weight excluding hydrogens is 561 g/mol. The van der Waals surface area contributed by atoms with E-state index < -0.39 is 24.7 Å². The Morgan fingerprint density at radius 2 is 1.93 bits per heavy atom. The number of carbonyl (C=O) groups excluding carboxylic acids is 2. The van der Waals surface area contributed by atoms with Crippen LogP contribution >= 0.6 is 0 Å². The fourth-order valence-electron chi connectivity index (χ4n) is 5.49. The molecule has 10 nitrogen and oxygen atoms in total. The number of alkyl halides is 3. The summed E-state index contributed by atoms with van der Waals surface area (Å²) in [5, 5.41) is 17.2. The fraction of sp³-hybridized carbons (Fsp3) is 0.467. The minimum Gasteiger partial charge on any atom is -0.367 e. The van der Waals surface area contributed by atoms with Gasteiger partial charge in [0.2, 0.25) is 5.91 Å². The lowest BCUT2D eigenvalue weighted by Gasteiger charge is -2.40. The molecule has 2 aliphatic rings. The van der Waals surface area contributed by atoms with E-state index in [-0.39, 0.29) is 18.1 Å². The number of nitriles is 1. The van der Waals surface area contributed by atoms with Gasteiger partial charge in [0.05, 0.1) is 16.9 Å². The molecular formula is C30H37F3N8O2. The first-order valence-electron chi connectivity index (χ1n) is 14.3. The van der Waals surface area contributed by atoms with Crippen molar-refractivity contribution in [1.82, 2.24) is 15.2 Å². The normalized spacial score (nSPS) is 20.9. The predicted octanol–water partition coefficient (Wildman–Crippen LogP) is 4.72. The van der Waals surface area contributed by atoms with Crippen molar-refractivity contribution < 1.29 is 22.8 Å². The number of nitrogens with zero attached hydrogens (tertiary/aromatic N) is 5. The Morgan fingerprint density at radius 1 is 1.19 bits per heavy atom. The maximum atomic E-state index is 13.3. The van der Waals surface area contributed by atoms with Crippen molar-refractivity contribution in [3.8, 4) is 6.07 Å². The topological polar surface area (TPSA) is 117 Å². The highest BCUT2D eigenvalue weighted by Crippen LogP contribution is 2.36. The van der Waals surface area contributed by atoms with Crippen LogP contribution in [0.1, 0.15) is 38.2 Å². The Morgan fingerprint density at radius 3 is 2.53 bits per heavy atom. The summed E-state index contributed by atoms with van der Waals surface area (Å²) in [6.07, 6.45) is 0.407. The first-order valence-corrected chi connectivity index (χ1v) is 14.3. The first kappa shape index (κ1) is 31.6. The molecule has 13 heteroatoms. The maximum absolute atomic E-state index is 13.3. The summed E-state index contributed by atoms with van der Waals surface area (Å²) in [4.78, 5) is 35.7. The number of hydrogen-bond acceptors (Lipinski definition) is 7. The molecule has 2 heterocycles. The number of amides is 3. The fourth-order valence-corrected chi connectivity index (χ4v) is 5.49. The van der Waals surface area contributed by atoms with Gasteiger partial charge in [-0.15, -0.1) is 0 Å². The van der Waals surface area contributed by atoms with Gasteiger partial charge in [0, 0.05) is 49.6 Å². The summed E-state index contributed by atoms with van der Waals surface area (Å²) in [5.74, 6) is 0.190. The second kappa shape index (κ2) is 13.8. The monoisotopic (exact) mass is 598 g/mol. The van der Waals surface area contributed by atoms with Gasteiger partial charge in [-0.25, -0.2) is 9.78 Å². The van der Waals surface area contributed by atoms with Crippen LogP contribution in [0, 0.1) is 11.3 Å². The third-order valence-corrected chi connectivity index (χ3v) is 7.97. The quantitative estimate of drug-likeness (QED) is 0.377. The maximum Gasteiger partial charge on any atom is 0.405 e. The SMILES string of the molecule is C=CC(=O)Nc1cc(N(C(=O)NCC(F)(F)F)C2CCC(Nc3ccc(C#N)cn3)CC2)ccc1N1CCN(C)[C@@H](C)C1. The van der Waals surface area contributed by atoms with E-state index >= 15 is 0 Å². The molecule has 3 amide bonds. The van der Waals surface area contributed by atoms with Crippen LogP contribution in [-0.2, 0) is 4.79 Å². The number of piperazine rings is 1. The third kappa shape index (κ3) is 8.38. The van der Waals surface area contributed by atoms with E-state index in [2.05, 4.69) is 38.9 Å². The molecule has 1 aliphatic heterocycles. The molecule has 1 aromatic heterocycles. The van der Waals surface area contributed by atoms with Crippen molar-refractivity contribution in [3.63, 3.8) is 0 Å². The predicted molar refractivity (Wildman–Crippen MR) is 160 cm³/mol. The van der Waals surface area contributed by atoms with Crippen LogP contribution in [0.2, 0.25) is 0 Å². The van der Waals surface area contributed by atoms with Crippen molar-refractivity contribution >= 4 is 34.8 Å². The number of anilines is 4. The molecule has 0 spiro atoms. The van der Waals surface area contributed by atoms with Gasteiger partial charge in [-0.2, -0.15) is 18.4 Å². The zero-order valence-electron chi connectivity index (χ0n) is 24.3. The molecule has 2 aromatic rings. The molecule has 3 N–H and O–H groups in total. The number of halogens is 3. The van der Waals surface area contributed by atoms with Crippen molar-refractivity contribution in [2.75, 3.05) is 53.7 Å². The number of hydrogen-bond donors (Lipinski definition) is 3. The summed E-state index contributed by atoms with van der Waals surface area (Å²) in [6, 6.07) is 9.68. The summed E-state index contributed by atoms with van der Waals surface area (Å²) in [6.45, 7) is 6.44. The smallest absolute Gasteiger partial charge is 0.367 e. The number of aromatic nitrogens is 1. The number of urea groups is 1. The zero-order valence-corrected chi connectivity index (χ0v) is 24.3. The molecule has 1 saturated heterocycles. The molecule has 2 fully saturated rings. The molecule has 4 rings (SSSR count). The van der Waals surface area contributed by atoms with Crippen LogP contribution in [0.25, 0.3) is 0 Å². The Hall–Kier alpha value is -4.31. The standard InChI is InChI=1S/C30H37F3N8O2/c1-4-28(42)38-25-15-24(10-11-26(25)40-14-13-39(3)20(2)18-40)41(29(43)36-19-30(31,32)33)23-8-6-22(7-9-23)37-27-12-5-21(16-34)17-35-27/h4-5,10-12,15,17,20,22-23H,1,6-9,13-14,18-19H2,2-3H3,(H,35,37)(H,36,43)(H,38,42)/t20-,22?,23?/m0/s1. The van der Waals surface area contributed by atoms with Crippen molar-refractivity contribution in [2.45, 2.75) is 56.9 Å². The van der Waals surface area contributed by atoms with E-state index in [4.69, 9.17) is 5.26 Å². The van der Waals surface area contributed by atoms with Gasteiger partial charge >= 0.3 is 12.2 Å². The van der Waals surface area contributed by atoms with Crippen LogP contribution in [0.5, 0.6) is 0 Å². The van der Waals surface area contributed by atoms with Crippen LogP contribution < -0.4 is 25.8 Å². The zero-order chi connectivity index (χ0) is 31.1. The summed E-state index contributed by atoms with van der Waals surface area (Å²) < 4.78 is 39.2. The van der Waals surface area contributed by atoms with Gasteiger partial charge in [-0.05, 0) is 76.1 Å². The number of nitrogens with one attached hydrogen (secondary N) is 3. The summed E-state index contributed by atoms with van der Waals surface area (Å²) in [5.41, 5.74) is 2.05. The van der Waals surface area contributed by atoms with Crippen LogP contribution in [0.3, 0.4) is 0 Å². The van der Waals surface area contributed by atoms with Crippen molar-refractivity contribution in [2.24, 2.45) is 0 Å². The Bertz CT molecular complexity index is 1340. The average Bonchev–Trinajstić information content (AvgIpc) is 2.98. The molecule has 43 heavy (non-hydrogen) atoms. The van der Waals surface area contributed by atoms with E-state index in [1.807, 2.05) is 18.4 Å². The van der Waals surface area contributed by atoms with Crippen LogP contribution in [0.15, 0.2) is 49.2 Å². The molecule has 0 bridgehead atoms. The van der Waals surface area contributed by atoms with Crippen molar-refractivity contribution in [3.05, 3.63) is 54.7 Å². The Labute approximate surface area is 249 Å². The van der Waals surface area contributed by atoms with E-state index in [9.17, 15) is 22.8 Å². The van der Waals surface area contributed by atoms with Crippen LogP contribution in [-0.4, -0.2) is 79.4 Å². The highest BCUT2D eigenvalue weighted by Gasteiger charge is 2.34. The van der Waals surface area contributed by atoms with Crippen molar-refractivity contribution in [1.29, 1.82) is 5.26 Å². The lowest BCUT2D eigenvalue weighted by atomic mass is 9.89. The van der Waals surface area contributed by atoms with E-state index in [0.717, 1.165) is 24.9 Å². The second-order valence-corrected chi connectivity index (χ2v) is 11.0. The molecule has 0 radical (unpaired) electrons. The number of carbonyl (C=O) groups is 2. The number of likely N-dealkylation sites (N-methyl/N-ethyl adjacent to an activating group) is 1. The molecule has 0 unspecified atom stereocenters. The molecule has 1 aromatic carbocycles. The lowest BCUT2D eigenvalue weighted by molar-refractivity contribution is -0.122. The summed E-state index contributed by atoms with van der Waals surface area (Å²) >= 11 is 0. The largest absolute Gasteiger partial charge is 0.405 e. The molecule has 1 aliphatic carbocycles. The Balaban J connectivity index is 1.58. The minimum atomic E-state index is -4.57. The van der Waals surface area contributed by atoms with E-state index in [1.165, 1.54) is 11.1 Å². The number of benzene rings is 1. The molecule has 1 saturated carbocycles. The number of pyridine rings is 1. The van der Waals surface area contributed by atoms with Gasteiger partial charge in [-0.3, -0.25) is 9.69 Å². The highest BCUT2D eigenvalue weighted by atomic mass is 19.4. The van der Waals surface area contributed by atoms with Crippen LogP contribution in [0.4, 0.5) is 40.8 Å². The van der Waals surface area contributed by atoms with Gasteiger partial charge in [0.15, 0.2) is 0 Å². The molecule has 230 valence electrons. The third-order valence-electron chi connectivity index (χ3n) is 7.97. The van der Waals surface area contributed by atoms with Gasteiger partial charge < -0.3 is 25.8 Å². The summed E-state index contributed by atoms with van der Waals surface area (Å²) in [7, 11) is 2.05. The van der Waals surface area contributed by atoms with E-state index in [1.54, 1.807) is 30.3 Å². The highest BCUT2D eigenvalue weighted by molar-refractivity contribution is 6.02. The molecule has 1 atom stereocenters. The number of rotatable bonds is 8. The average molecular weight is 599 g/mol. The lowest BCUT2D eigenvalue weighted by Crippen LogP contribution is -2.51. The Kier molecular flexibility index (Phi) is 10.1. The first-order chi connectivity index (χ1) is 20.5. The van der Waals surface area contributed by atoms with Gasteiger partial charge in [-0.1, -0.05) is 6.58 Å². The second-order valence-electron chi connectivity index (χ2n) is 11.0. The van der Waals surface area contributed by atoms with E-state index in [0.29, 0.717) is 55.0 Å².